The Labute approximate surface area is 223 Å². The van der Waals surface area contributed by atoms with Crippen LogP contribution in [0.15, 0.2) is 33.9 Å². The highest BCUT2D eigenvalue weighted by molar-refractivity contribution is 6.33. The number of aromatic hydroxyl groups is 1. The van der Waals surface area contributed by atoms with Crippen LogP contribution in [0.1, 0.15) is 37.9 Å². The van der Waals surface area contributed by atoms with Crippen molar-refractivity contribution < 1.29 is 23.7 Å². The zero-order chi connectivity index (χ0) is 27.6. The number of carbonyl (C=O) groups excluding carboxylic acids is 2. The number of piperazine rings is 1. The van der Waals surface area contributed by atoms with E-state index in [0.29, 0.717) is 43.1 Å². The molecule has 0 saturated carbocycles. The second kappa shape index (κ2) is 11.1. The summed E-state index contributed by atoms with van der Waals surface area (Å²) < 4.78 is 19.8. The fourth-order valence-electron chi connectivity index (χ4n) is 4.47. The minimum absolute atomic E-state index is 0.0256. The van der Waals surface area contributed by atoms with Crippen LogP contribution >= 0.6 is 11.6 Å². The van der Waals surface area contributed by atoms with Crippen LogP contribution < -0.4 is 4.90 Å². The average molecular weight is 544 g/mol. The van der Waals surface area contributed by atoms with Crippen LogP contribution in [0, 0.1) is 5.82 Å². The average Bonchev–Trinajstić information content (AvgIpc) is 3.37. The number of nitrogens with zero attached hydrogens (tertiary/aromatic N) is 7. The SMILES string of the molecule is C/N=C(\c1cc(Cl)c(-c2c(O)cccc2F)nc1N(C=O)c1nonc1C(C)C)N1CCN(C=O)CC1C. The molecule has 3 heterocycles. The summed E-state index contributed by atoms with van der Waals surface area (Å²) in [5, 5.41) is 18.3. The van der Waals surface area contributed by atoms with Crippen LogP contribution in [0.4, 0.5) is 16.0 Å². The van der Waals surface area contributed by atoms with E-state index in [-0.39, 0.29) is 45.6 Å². The Hall–Kier alpha value is -4.06. The molecular weight excluding hydrogens is 517 g/mol. The number of halogens is 2. The molecule has 38 heavy (non-hydrogen) atoms. The normalized spacial score (nSPS) is 16.2. The molecule has 0 bridgehead atoms. The first-order chi connectivity index (χ1) is 18.2. The summed E-state index contributed by atoms with van der Waals surface area (Å²) in [5.41, 5.74) is 0.456. The highest BCUT2D eigenvalue weighted by atomic mass is 35.5. The molecule has 11 nitrogen and oxygen atoms in total. The van der Waals surface area contributed by atoms with E-state index < -0.39 is 5.82 Å². The lowest BCUT2D eigenvalue weighted by atomic mass is 10.1. The van der Waals surface area contributed by atoms with Crippen LogP contribution in [-0.4, -0.2) is 81.6 Å². The summed E-state index contributed by atoms with van der Waals surface area (Å²) in [4.78, 5) is 37.7. The van der Waals surface area contributed by atoms with Gasteiger partial charge in [-0.15, -0.1) is 0 Å². The van der Waals surface area contributed by atoms with Crippen LogP contribution in [0.5, 0.6) is 5.75 Å². The van der Waals surface area contributed by atoms with Gasteiger partial charge in [0.05, 0.1) is 21.8 Å². The Morgan fingerprint density at radius 3 is 2.66 bits per heavy atom. The molecule has 2 amide bonds. The number of pyridine rings is 1. The monoisotopic (exact) mass is 543 g/mol. The van der Waals surface area contributed by atoms with Crippen molar-refractivity contribution in [1.82, 2.24) is 25.1 Å². The maximum atomic E-state index is 14.9. The molecule has 1 atom stereocenters. The zero-order valence-corrected chi connectivity index (χ0v) is 22.1. The van der Waals surface area contributed by atoms with Crippen molar-refractivity contribution in [2.75, 3.05) is 31.6 Å². The highest BCUT2D eigenvalue weighted by Gasteiger charge is 2.32. The highest BCUT2D eigenvalue weighted by Crippen LogP contribution is 2.40. The molecule has 1 fully saturated rings. The van der Waals surface area contributed by atoms with E-state index in [1.165, 1.54) is 24.3 Å². The van der Waals surface area contributed by atoms with E-state index >= 15 is 0 Å². The number of aliphatic imine (C=N–C) groups is 1. The number of hydrogen-bond donors (Lipinski definition) is 1. The zero-order valence-electron chi connectivity index (χ0n) is 21.3. The maximum absolute atomic E-state index is 14.9. The van der Waals surface area contributed by atoms with Gasteiger partial charge >= 0.3 is 0 Å². The van der Waals surface area contributed by atoms with Crippen molar-refractivity contribution in [2.24, 2.45) is 4.99 Å². The molecule has 1 saturated heterocycles. The maximum Gasteiger partial charge on any atom is 0.221 e. The molecule has 0 spiro atoms. The number of phenolic OH excluding ortho intramolecular Hbond substituents is 1. The Kier molecular flexibility index (Phi) is 7.91. The van der Waals surface area contributed by atoms with Gasteiger partial charge in [0.15, 0.2) is 5.82 Å². The Morgan fingerprint density at radius 1 is 1.29 bits per heavy atom. The third-order valence-electron chi connectivity index (χ3n) is 6.32. The minimum Gasteiger partial charge on any atom is -0.507 e. The first kappa shape index (κ1) is 27.0. The molecule has 1 aromatic carbocycles. The summed E-state index contributed by atoms with van der Waals surface area (Å²) in [6, 6.07) is 5.23. The van der Waals surface area contributed by atoms with Crippen LogP contribution in [0.25, 0.3) is 11.3 Å². The van der Waals surface area contributed by atoms with Crippen molar-refractivity contribution in [3.63, 3.8) is 0 Å². The topological polar surface area (TPSA) is 128 Å². The predicted molar refractivity (Wildman–Crippen MR) is 139 cm³/mol. The van der Waals surface area contributed by atoms with Gasteiger partial charge in [-0.25, -0.2) is 18.9 Å². The Bertz CT molecular complexity index is 1360. The number of benzene rings is 1. The third-order valence-corrected chi connectivity index (χ3v) is 6.61. The molecule has 0 aliphatic carbocycles. The van der Waals surface area contributed by atoms with E-state index in [9.17, 15) is 19.1 Å². The first-order valence-electron chi connectivity index (χ1n) is 11.9. The van der Waals surface area contributed by atoms with E-state index in [2.05, 4.69) is 20.3 Å². The first-order valence-corrected chi connectivity index (χ1v) is 12.3. The van der Waals surface area contributed by atoms with Gasteiger partial charge in [0.2, 0.25) is 18.6 Å². The number of hydrogen-bond acceptors (Lipinski definition) is 8. The summed E-state index contributed by atoms with van der Waals surface area (Å²) >= 11 is 6.63. The lowest BCUT2D eigenvalue weighted by Crippen LogP contribution is -2.53. The molecule has 2 aromatic heterocycles. The van der Waals surface area contributed by atoms with Crippen molar-refractivity contribution in [2.45, 2.75) is 32.7 Å². The summed E-state index contributed by atoms with van der Waals surface area (Å²) in [7, 11) is 1.59. The van der Waals surface area contributed by atoms with Crippen LogP contribution in [0.2, 0.25) is 5.02 Å². The van der Waals surface area contributed by atoms with Crippen LogP contribution in [-0.2, 0) is 9.59 Å². The van der Waals surface area contributed by atoms with Gasteiger partial charge in [-0.3, -0.25) is 14.6 Å². The summed E-state index contributed by atoms with van der Waals surface area (Å²) in [6.07, 6.45) is 1.30. The summed E-state index contributed by atoms with van der Waals surface area (Å²) in [5.74, 6) is -0.685. The van der Waals surface area contributed by atoms with E-state index in [1.807, 2.05) is 25.7 Å². The fourth-order valence-corrected chi connectivity index (χ4v) is 4.72. The van der Waals surface area contributed by atoms with E-state index in [0.717, 1.165) is 11.3 Å². The van der Waals surface area contributed by atoms with Gasteiger partial charge < -0.3 is 14.9 Å². The largest absolute Gasteiger partial charge is 0.507 e. The minimum atomic E-state index is -0.746. The molecule has 13 heteroatoms. The van der Waals surface area contributed by atoms with Gasteiger partial charge in [0.1, 0.15) is 23.1 Å². The second-order valence-corrected chi connectivity index (χ2v) is 9.52. The Balaban J connectivity index is 1.96. The van der Waals surface area contributed by atoms with Gasteiger partial charge in [0, 0.05) is 38.6 Å². The lowest BCUT2D eigenvalue weighted by Gasteiger charge is -2.40. The number of aromatic nitrogens is 3. The predicted octanol–water partition coefficient (Wildman–Crippen LogP) is 3.59. The van der Waals surface area contributed by atoms with E-state index in [4.69, 9.17) is 16.2 Å². The molecule has 1 aliphatic rings. The number of rotatable bonds is 7. The molecule has 1 aliphatic heterocycles. The molecule has 1 N–H and O–H groups in total. The van der Waals surface area contributed by atoms with Gasteiger partial charge in [0.25, 0.3) is 0 Å². The fraction of sp³-hybridized carbons (Fsp3) is 0.360. The van der Waals surface area contributed by atoms with Gasteiger partial charge in [-0.1, -0.05) is 36.7 Å². The van der Waals surface area contributed by atoms with Crippen LogP contribution in [0.3, 0.4) is 0 Å². The molecule has 200 valence electrons. The molecule has 3 aromatic rings. The number of carbonyl (C=O) groups is 2. The van der Waals surface area contributed by atoms with Gasteiger partial charge in [-0.05, 0) is 30.3 Å². The second-order valence-electron chi connectivity index (χ2n) is 9.12. The quantitative estimate of drug-likeness (QED) is 0.272. The molecule has 4 rings (SSSR count). The third kappa shape index (κ3) is 4.91. The Morgan fingerprint density at radius 2 is 2.05 bits per heavy atom. The van der Waals surface area contributed by atoms with Crippen molar-refractivity contribution >= 4 is 41.9 Å². The van der Waals surface area contributed by atoms with E-state index in [1.54, 1.807) is 11.9 Å². The van der Waals surface area contributed by atoms with Crippen molar-refractivity contribution in [3.05, 3.63) is 46.4 Å². The smallest absolute Gasteiger partial charge is 0.221 e. The number of phenols is 1. The van der Waals surface area contributed by atoms with Gasteiger partial charge in [-0.2, -0.15) is 0 Å². The van der Waals surface area contributed by atoms with Crippen molar-refractivity contribution in [3.8, 4) is 17.0 Å². The number of amidine groups is 1. The number of amides is 2. The number of anilines is 2. The summed E-state index contributed by atoms with van der Waals surface area (Å²) in [6.45, 7) is 7.05. The lowest BCUT2D eigenvalue weighted by molar-refractivity contribution is -0.120. The standard InChI is InChI=1S/C25H27ClFN7O4/c1-14(2)21-25(31-38-30-21)34(13-36)24-16(23(28-4)33-9-8-32(12-35)11-15(33)3)10-17(26)22(29-24)20-18(27)6-5-7-19(20)37/h5-7,10,12-15,37H,8-9,11H2,1-4H3/b28-23+. The van der Waals surface area contributed by atoms with Crippen molar-refractivity contribution in [1.29, 1.82) is 0 Å². The molecule has 0 radical (unpaired) electrons. The molecular formula is C25H27ClFN7O4. The molecule has 1 unspecified atom stereocenters.